The minimum Gasteiger partial charge on any atom is -0.335 e. The van der Waals surface area contributed by atoms with Gasteiger partial charge in [-0.3, -0.25) is 19.8 Å². The largest absolute Gasteiger partial charge is 0.335 e. The third-order valence-corrected chi connectivity index (χ3v) is 5.30. The summed E-state index contributed by atoms with van der Waals surface area (Å²) in [5.74, 6) is -2.11. The van der Waals surface area contributed by atoms with Crippen LogP contribution in [0.1, 0.15) is 38.2 Å². The maximum absolute atomic E-state index is 13.3. The Balaban J connectivity index is 1.66. The maximum atomic E-state index is 13.3. The van der Waals surface area contributed by atoms with E-state index in [1.165, 1.54) is 13.0 Å². The van der Waals surface area contributed by atoms with Crippen LogP contribution >= 0.6 is 11.6 Å². The van der Waals surface area contributed by atoms with E-state index >= 15 is 0 Å². The summed E-state index contributed by atoms with van der Waals surface area (Å²) < 4.78 is 13.3. The van der Waals surface area contributed by atoms with E-state index in [1.807, 2.05) is 0 Å². The molecule has 6 amide bonds. The zero-order chi connectivity index (χ0) is 20.5. The number of hydrogen-bond acceptors (Lipinski definition) is 4. The lowest BCUT2D eigenvalue weighted by atomic mass is 9.92. The van der Waals surface area contributed by atoms with Gasteiger partial charge in [-0.25, -0.2) is 14.0 Å². The Bertz CT molecular complexity index is 843. The number of hydrogen-bond donors (Lipinski definition) is 3. The minimum atomic E-state index is -1.55. The molecule has 0 aromatic heterocycles. The van der Waals surface area contributed by atoms with Gasteiger partial charge in [0.2, 0.25) is 5.91 Å². The molecule has 150 valence electrons. The number of urea groups is 2. The SMILES string of the molecule is CC1(c2ccc(F)cc2Cl)NC(=O)N(CC(=O)NC(=O)NC2CCCC2)C1=O. The highest BCUT2D eigenvalue weighted by Gasteiger charge is 2.50. The molecule has 3 rings (SSSR count). The van der Waals surface area contributed by atoms with Crippen molar-refractivity contribution in [2.45, 2.75) is 44.2 Å². The molecule has 1 aliphatic carbocycles. The molecule has 1 atom stereocenters. The smallest absolute Gasteiger partial charge is 0.325 e. The Morgan fingerprint density at radius 2 is 2.00 bits per heavy atom. The van der Waals surface area contributed by atoms with Gasteiger partial charge in [0, 0.05) is 16.6 Å². The van der Waals surface area contributed by atoms with Crippen LogP contribution < -0.4 is 16.0 Å². The molecule has 3 N–H and O–H groups in total. The van der Waals surface area contributed by atoms with Crippen molar-refractivity contribution in [1.29, 1.82) is 0 Å². The molecule has 10 heteroatoms. The van der Waals surface area contributed by atoms with Crippen LogP contribution in [0.3, 0.4) is 0 Å². The number of imide groups is 2. The number of rotatable bonds is 4. The Hall–Kier alpha value is -2.68. The molecular weight excluding hydrogens is 391 g/mol. The lowest BCUT2D eigenvalue weighted by Gasteiger charge is -2.23. The van der Waals surface area contributed by atoms with Crippen molar-refractivity contribution in [3.05, 3.63) is 34.6 Å². The van der Waals surface area contributed by atoms with Gasteiger partial charge in [-0.1, -0.05) is 30.5 Å². The predicted molar refractivity (Wildman–Crippen MR) is 97.9 cm³/mol. The Labute approximate surface area is 165 Å². The van der Waals surface area contributed by atoms with Crippen LogP contribution in [0.15, 0.2) is 18.2 Å². The van der Waals surface area contributed by atoms with Gasteiger partial charge in [0.1, 0.15) is 17.9 Å². The van der Waals surface area contributed by atoms with Crippen LogP contribution in [-0.2, 0) is 15.1 Å². The van der Waals surface area contributed by atoms with Crippen molar-refractivity contribution in [3.8, 4) is 0 Å². The topological polar surface area (TPSA) is 108 Å². The van der Waals surface area contributed by atoms with E-state index in [9.17, 15) is 23.6 Å². The first-order valence-corrected chi connectivity index (χ1v) is 9.28. The van der Waals surface area contributed by atoms with E-state index in [4.69, 9.17) is 11.6 Å². The molecule has 1 saturated carbocycles. The Kier molecular flexibility index (Phi) is 5.55. The van der Waals surface area contributed by atoms with E-state index in [1.54, 1.807) is 0 Å². The molecule has 8 nitrogen and oxygen atoms in total. The third-order valence-electron chi connectivity index (χ3n) is 4.99. The fourth-order valence-electron chi connectivity index (χ4n) is 3.52. The van der Waals surface area contributed by atoms with Crippen molar-refractivity contribution in [1.82, 2.24) is 20.9 Å². The fourth-order valence-corrected chi connectivity index (χ4v) is 3.88. The second-order valence-electron chi connectivity index (χ2n) is 7.07. The summed E-state index contributed by atoms with van der Waals surface area (Å²) in [5, 5.41) is 7.25. The van der Waals surface area contributed by atoms with Gasteiger partial charge < -0.3 is 10.6 Å². The molecule has 1 unspecified atom stereocenters. The summed E-state index contributed by atoms with van der Waals surface area (Å²) >= 11 is 6.02. The summed E-state index contributed by atoms with van der Waals surface area (Å²) in [6.07, 6.45) is 3.74. The molecule has 2 aliphatic rings. The second-order valence-corrected chi connectivity index (χ2v) is 7.48. The second kappa shape index (κ2) is 7.75. The number of carbonyl (C=O) groups is 4. The number of nitrogens with zero attached hydrogens (tertiary/aromatic N) is 1. The fraction of sp³-hybridized carbons (Fsp3) is 0.444. The van der Waals surface area contributed by atoms with Crippen molar-refractivity contribution in [3.63, 3.8) is 0 Å². The van der Waals surface area contributed by atoms with Crippen LogP contribution in [0.2, 0.25) is 5.02 Å². The number of amides is 6. The Morgan fingerprint density at radius 3 is 2.64 bits per heavy atom. The lowest BCUT2D eigenvalue weighted by Crippen LogP contribution is -2.48. The molecule has 2 fully saturated rings. The summed E-state index contributed by atoms with van der Waals surface area (Å²) in [6, 6.07) is 2.01. The van der Waals surface area contributed by atoms with Gasteiger partial charge >= 0.3 is 12.1 Å². The molecular formula is C18H20ClFN4O4. The zero-order valence-electron chi connectivity index (χ0n) is 15.2. The van der Waals surface area contributed by atoms with Crippen LogP contribution in [0.4, 0.5) is 14.0 Å². The first-order chi connectivity index (χ1) is 13.2. The zero-order valence-corrected chi connectivity index (χ0v) is 15.9. The average Bonchev–Trinajstić information content (AvgIpc) is 3.17. The van der Waals surface area contributed by atoms with E-state index in [-0.39, 0.29) is 16.6 Å². The molecule has 0 radical (unpaired) electrons. The third kappa shape index (κ3) is 3.94. The van der Waals surface area contributed by atoms with Crippen molar-refractivity contribution < 1.29 is 23.6 Å². The first-order valence-electron chi connectivity index (χ1n) is 8.90. The van der Waals surface area contributed by atoms with Crippen molar-refractivity contribution >= 4 is 35.5 Å². The quantitative estimate of drug-likeness (QED) is 0.660. The van der Waals surface area contributed by atoms with Gasteiger partial charge in [0.05, 0.1) is 0 Å². The molecule has 1 aromatic rings. The highest BCUT2D eigenvalue weighted by Crippen LogP contribution is 2.33. The Morgan fingerprint density at radius 1 is 1.32 bits per heavy atom. The van der Waals surface area contributed by atoms with Crippen molar-refractivity contribution in [2.75, 3.05) is 6.54 Å². The predicted octanol–water partition coefficient (Wildman–Crippen LogP) is 2.01. The molecule has 1 saturated heterocycles. The van der Waals surface area contributed by atoms with Crippen LogP contribution in [0, 0.1) is 5.82 Å². The van der Waals surface area contributed by atoms with Crippen LogP contribution in [0.5, 0.6) is 0 Å². The molecule has 1 aliphatic heterocycles. The summed E-state index contributed by atoms with van der Waals surface area (Å²) in [5.41, 5.74) is -1.34. The summed E-state index contributed by atoms with van der Waals surface area (Å²) in [7, 11) is 0. The van der Waals surface area contributed by atoms with Crippen LogP contribution in [0.25, 0.3) is 0 Å². The van der Waals surface area contributed by atoms with Crippen molar-refractivity contribution in [2.24, 2.45) is 0 Å². The summed E-state index contributed by atoms with van der Waals surface area (Å²) in [6.45, 7) is 0.786. The lowest BCUT2D eigenvalue weighted by molar-refractivity contribution is -0.134. The highest BCUT2D eigenvalue weighted by molar-refractivity contribution is 6.32. The van der Waals surface area contributed by atoms with E-state index in [2.05, 4.69) is 16.0 Å². The monoisotopic (exact) mass is 410 g/mol. The van der Waals surface area contributed by atoms with E-state index in [0.717, 1.165) is 37.8 Å². The van der Waals surface area contributed by atoms with Crippen LogP contribution in [-0.4, -0.2) is 41.4 Å². The van der Waals surface area contributed by atoms with Gasteiger partial charge in [-0.2, -0.15) is 0 Å². The standard InChI is InChI=1S/C18H20ClFN4O4/c1-18(12-7-6-10(20)8-13(12)19)15(26)24(17(28)23-18)9-14(25)22-16(27)21-11-4-2-3-5-11/h6-8,11H,2-5,9H2,1H3,(H,23,28)(H2,21,22,25,27). The van der Waals surface area contributed by atoms with E-state index < -0.39 is 41.8 Å². The molecule has 28 heavy (non-hydrogen) atoms. The molecule has 0 bridgehead atoms. The molecule has 1 heterocycles. The van der Waals surface area contributed by atoms with Gasteiger partial charge in [-0.05, 0) is 31.9 Å². The number of halogens is 2. The average molecular weight is 411 g/mol. The highest BCUT2D eigenvalue weighted by atomic mass is 35.5. The number of carbonyl (C=O) groups excluding carboxylic acids is 4. The maximum Gasteiger partial charge on any atom is 0.325 e. The number of benzene rings is 1. The van der Waals surface area contributed by atoms with Gasteiger partial charge in [-0.15, -0.1) is 0 Å². The van der Waals surface area contributed by atoms with Gasteiger partial charge in [0.15, 0.2) is 0 Å². The normalized spacial score (nSPS) is 22.3. The van der Waals surface area contributed by atoms with E-state index in [0.29, 0.717) is 4.90 Å². The molecule has 0 spiro atoms. The first kappa shape index (κ1) is 20.1. The van der Waals surface area contributed by atoms with Gasteiger partial charge in [0.25, 0.3) is 5.91 Å². The minimum absolute atomic E-state index is 0.0217. The number of nitrogens with one attached hydrogen (secondary N) is 3. The molecule has 1 aromatic carbocycles. The summed E-state index contributed by atoms with van der Waals surface area (Å²) in [4.78, 5) is 49.7.